The first kappa shape index (κ1) is 65.1. The van der Waals surface area contributed by atoms with E-state index in [0.717, 1.165) is 51.4 Å². The van der Waals surface area contributed by atoms with Gasteiger partial charge in [0.1, 0.15) is 0 Å². The first-order valence-corrected chi connectivity index (χ1v) is 29.8. The van der Waals surface area contributed by atoms with Gasteiger partial charge in [-0.1, -0.05) is 275 Å². The number of allylic oxidation sites excluding steroid dienone is 5. The van der Waals surface area contributed by atoms with Crippen LogP contribution in [0.4, 0.5) is 0 Å². The molecule has 67 heavy (non-hydrogen) atoms. The molecule has 6 heteroatoms. The first-order valence-electron chi connectivity index (χ1n) is 29.8. The van der Waals surface area contributed by atoms with Crippen molar-refractivity contribution in [3.05, 3.63) is 36.5 Å². The summed E-state index contributed by atoms with van der Waals surface area (Å²) in [6.45, 7) is 4.88. The summed E-state index contributed by atoms with van der Waals surface area (Å²) in [5.74, 6) is -0.0698. The number of carbonyl (C=O) groups excluding carboxylic acids is 2. The van der Waals surface area contributed by atoms with Crippen LogP contribution in [0.25, 0.3) is 0 Å². The van der Waals surface area contributed by atoms with Gasteiger partial charge in [-0.3, -0.25) is 9.59 Å². The standard InChI is InChI=1S/C61H115NO5/c1-3-5-7-9-11-13-15-17-18-28-31-35-39-43-47-51-55-61(66)67-56-52-48-44-40-36-32-29-26-24-22-20-19-21-23-25-27-30-34-38-42-46-50-54-60(65)62-58(57-63)59(64)53-49-45-41-37-33-16-14-12-10-8-6-4-2/h13,15,18,28,49,53,58-59,63-64H,3-12,14,16-17,19-27,29-48,50-52,54-57H2,1-2H3,(H,62,65)/b15-13-,28-18-,53-49+. The summed E-state index contributed by atoms with van der Waals surface area (Å²) in [7, 11) is 0. The minimum absolute atomic E-state index is 0.000991. The molecule has 0 rings (SSSR count). The first-order chi connectivity index (χ1) is 33.0. The van der Waals surface area contributed by atoms with Gasteiger partial charge in [0.15, 0.2) is 0 Å². The number of rotatable bonds is 55. The van der Waals surface area contributed by atoms with Gasteiger partial charge in [-0.25, -0.2) is 0 Å². The van der Waals surface area contributed by atoms with Crippen molar-refractivity contribution >= 4 is 11.9 Å². The molecule has 0 saturated heterocycles. The molecule has 2 unspecified atom stereocenters. The van der Waals surface area contributed by atoms with Gasteiger partial charge in [0, 0.05) is 12.8 Å². The fourth-order valence-corrected chi connectivity index (χ4v) is 9.08. The zero-order valence-corrected chi connectivity index (χ0v) is 44.9. The minimum atomic E-state index is -0.844. The molecule has 0 aliphatic heterocycles. The number of aliphatic hydroxyl groups excluding tert-OH is 2. The largest absolute Gasteiger partial charge is 0.466 e. The molecule has 0 aromatic carbocycles. The van der Waals surface area contributed by atoms with Crippen LogP contribution in [0.1, 0.15) is 316 Å². The van der Waals surface area contributed by atoms with Crippen LogP contribution in [0.2, 0.25) is 0 Å². The second-order valence-electron chi connectivity index (χ2n) is 20.3. The van der Waals surface area contributed by atoms with Crippen LogP contribution >= 0.6 is 0 Å². The fraction of sp³-hybridized carbons (Fsp3) is 0.869. The van der Waals surface area contributed by atoms with E-state index in [-0.39, 0.29) is 18.5 Å². The zero-order valence-electron chi connectivity index (χ0n) is 44.9. The van der Waals surface area contributed by atoms with E-state index in [0.29, 0.717) is 19.4 Å². The summed E-state index contributed by atoms with van der Waals surface area (Å²) in [5.41, 5.74) is 0. The maximum atomic E-state index is 12.4. The van der Waals surface area contributed by atoms with E-state index in [1.54, 1.807) is 6.08 Å². The molecule has 0 aliphatic carbocycles. The SMILES string of the molecule is CCCCCC/C=C\C/C=C\CCCCCCCC(=O)OCCCCCCCCCCCCCCCCCCCCCCCCC(=O)NC(CO)C(O)/C=C/CCCCCCCCCCCC. The summed E-state index contributed by atoms with van der Waals surface area (Å²) in [6.07, 6.45) is 70.3. The summed E-state index contributed by atoms with van der Waals surface area (Å²) in [4.78, 5) is 24.5. The van der Waals surface area contributed by atoms with Crippen LogP contribution in [0.3, 0.4) is 0 Å². The van der Waals surface area contributed by atoms with E-state index in [1.165, 1.54) is 238 Å². The summed E-state index contributed by atoms with van der Waals surface area (Å²) >= 11 is 0. The minimum Gasteiger partial charge on any atom is -0.466 e. The van der Waals surface area contributed by atoms with Crippen molar-refractivity contribution in [2.45, 2.75) is 328 Å². The molecule has 2 atom stereocenters. The van der Waals surface area contributed by atoms with Gasteiger partial charge in [-0.05, 0) is 64.2 Å². The highest BCUT2D eigenvalue weighted by atomic mass is 16.5. The summed E-state index contributed by atoms with van der Waals surface area (Å²) < 4.78 is 5.48. The lowest BCUT2D eigenvalue weighted by Gasteiger charge is -2.20. The monoisotopic (exact) mass is 942 g/mol. The van der Waals surface area contributed by atoms with Crippen LogP contribution in [-0.2, 0) is 14.3 Å². The molecule has 0 aromatic heterocycles. The molecule has 0 aliphatic rings. The Morgan fingerprint density at radius 2 is 0.746 bits per heavy atom. The lowest BCUT2D eigenvalue weighted by molar-refractivity contribution is -0.143. The molecule has 1 amide bonds. The Hall–Kier alpha value is -1.92. The molecule has 0 heterocycles. The van der Waals surface area contributed by atoms with E-state index in [2.05, 4.69) is 43.5 Å². The highest BCUT2D eigenvalue weighted by Gasteiger charge is 2.18. The second kappa shape index (κ2) is 56.7. The Labute approximate surface area is 417 Å². The van der Waals surface area contributed by atoms with Crippen molar-refractivity contribution in [1.29, 1.82) is 0 Å². The highest BCUT2D eigenvalue weighted by Crippen LogP contribution is 2.17. The van der Waals surface area contributed by atoms with E-state index < -0.39 is 12.1 Å². The molecule has 0 bridgehead atoms. The maximum Gasteiger partial charge on any atom is 0.305 e. The van der Waals surface area contributed by atoms with Crippen LogP contribution in [0.15, 0.2) is 36.5 Å². The Bertz CT molecular complexity index is 1090. The molecule has 0 spiro atoms. The van der Waals surface area contributed by atoms with Crippen molar-refractivity contribution in [2.75, 3.05) is 13.2 Å². The second-order valence-corrected chi connectivity index (χ2v) is 20.3. The number of aliphatic hydroxyl groups is 2. The third kappa shape index (κ3) is 53.3. The van der Waals surface area contributed by atoms with Gasteiger partial charge >= 0.3 is 5.97 Å². The number of hydrogen-bond donors (Lipinski definition) is 3. The van der Waals surface area contributed by atoms with Crippen molar-refractivity contribution in [3.63, 3.8) is 0 Å². The van der Waals surface area contributed by atoms with Gasteiger partial charge < -0.3 is 20.3 Å². The molecule has 0 fully saturated rings. The maximum absolute atomic E-state index is 12.4. The van der Waals surface area contributed by atoms with Crippen LogP contribution < -0.4 is 5.32 Å². The van der Waals surface area contributed by atoms with Crippen LogP contribution in [0.5, 0.6) is 0 Å². The third-order valence-corrected chi connectivity index (χ3v) is 13.7. The van der Waals surface area contributed by atoms with E-state index >= 15 is 0 Å². The average molecular weight is 943 g/mol. The molecular weight excluding hydrogens is 827 g/mol. The van der Waals surface area contributed by atoms with Gasteiger partial charge in [0.2, 0.25) is 5.91 Å². The predicted molar refractivity (Wildman–Crippen MR) is 292 cm³/mol. The number of amides is 1. The molecule has 0 saturated carbocycles. The zero-order chi connectivity index (χ0) is 48.6. The molecule has 3 N–H and O–H groups in total. The molecule has 6 nitrogen and oxygen atoms in total. The van der Waals surface area contributed by atoms with Crippen molar-refractivity contribution in [2.24, 2.45) is 0 Å². The molecule has 0 aromatic rings. The Balaban J connectivity index is 3.39. The van der Waals surface area contributed by atoms with Crippen molar-refractivity contribution in [1.82, 2.24) is 5.32 Å². The smallest absolute Gasteiger partial charge is 0.305 e. The topological polar surface area (TPSA) is 95.9 Å². The number of nitrogens with one attached hydrogen (secondary N) is 1. The van der Waals surface area contributed by atoms with Crippen molar-refractivity contribution < 1.29 is 24.5 Å². The average Bonchev–Trinajstić information content (AvgIpc) is 3.33. The molecule has 394 valence electrons. The van der Waals surface area contributed by atoms with Crippen LogP contribution in [-0.4, -0.2) is 47.4 Å². The van der Waals surface area contributed by atoms with E-state index in [4.69, 9.17) is 4.74 Å². The van der Waals surface area contributed by atoms with Gasteiger partial charge in [0.05, 0.1) is 25.4 Å². The number of carbonyl (C=O) groups is 2. The lowest BCUT2D eigenvalue weighted by Crippen LogP contribution is -2.45. The number of esters is 1. The van der Waals surface area contributed by atoms with E-state index in [9.17, 15) is 19.8 Å². The van der Waals surface area contributed by atoms with Crippen molar-refractivity contribution in [3.8, 4) is 0 Å². The number of hydrogen-bond acceptors (Lipinski definition) is 5. The Morgan fingerprint density at radius 1 is 0.418 bits per heavy atom. The number of unbranched alkanes of at least 4 members (excludes halogenated alkanes) is 40. The van der Waals surface area contributed by atoms with Gasteiger partial charge in [0.25, 0.3) is 0 Å². The summed E-state index contributed by atoms with van der Waals surface area (Å²) in [5, 5.41) is 23.0. The molecular formula is C61H115NO5. The van der Waals surface area contributed by atoms with E-state index in [1.807, 2.05) is 6.08 Å². The highest BCUT2D eigenvalue weighted by molar-refractivity contribution is 5.76. The van der Waals surface area contributed by atoms with Gasteiger partial charge in [-0.15, -0.1) is 0 Å². The molecule has 0 radical (unpaired) electrons. The predicted octanol–water partition coefficient (Wildman–Crippen LogP) is 18.4. The number of ether oxygens (including phenoxy) is 1. The quantitative estimate of drug-likeness (QED) is 0.0321. The third-order valence-electron chi connectivity index (χ3n) is 13.7. The van der Waals surface area contributed by atoms with Gasteiger partial charge in [-0.2, -0.15) is 0 Å². The normalized spacial score (nSPS) is 12.8. The van der Waals surface area contributed by atoms with Crippen LogP contribution in [0, 0.1) is 0 Å². The lowest BCUT2D eigenvalue weighted by atomic mass is 10.0. The fourth-order valence-electron chi connectivity index (χ4n) is 9.08. The Kier molecular flexibility index (Phi) is 55.0. The summed E-state index contributed by atoms with van der Waals surface area (Å²) in [6, 6.07) is -0.627. The Morgan fingerprint density at radius 3 is 1.15 bits per heavy atom.